The monoisotopic (exact) mass is 428 g/mol. The van der Waals surface area contributed by atoms with E-state index in [9.17, 15) is 4.39 Å². The van der Waals surface area contributed by atoms with E-state index in [2.05, 4.69) is 26.6 Å². The average Bonchev–Trinajstić information content (AvgIpc) is 3.22. The van der Waals surface area contributed by atoms with Crippen molar-refractivity contribution >= 4 is 11.8 Å². The number of ether oxygens (including phenoxy) is 1. The van der Waals surface area contributed by atoms with E-state index < -0.39 is 0 Å². The summed E-state index contributed by atoms with van der Waals surface area (Å²) in [4.78, 5) is 13.2. The minimum absolute atomic E-state index is 0.0781. The van der Waals surface area contributed by atoms with E-state index in [0.29, 0.717) is 18.9 Å². The summed E-state index contributed by atoms with van der Waals surface area (Å²) < 4.78 is 19.6. The summed E-state index contributed by atoms with van der Waals surface area (Å²) in [5.41, 5.74) is 1.10. The summed E-state index contributed by atoms with van der Waals surface area (Å²) in [5.74, 6) is 1.75. The molecular weight excluding hydrogens is 395 g/mol. The highest BCUT2D eigenvalue weighted by Gasteiger charge is 2.26. The Bertz CT molecular complexity index is 875. The lowest BCUT2D eigenvalue weighted by Gasteiger charge is -2.25. The molecule has 0 amide bonds. The van der Waals surface area contributed by atoms with E-state index in [-0.39, 0.29) is 17.9 Å². The van der Waals surface area contributed by atoms with Gasteiger partial charge >= 0.3 is 0 Å². The Hall–Kier alpha value is -2.87. The molecule has 2 heterocycles. The molecule has 168 valence electrons. The van der Waals surface area contributed by atoms with Crippen LogP contribution in [-0.4, -0.2) is 69.3 Å². The van der Waals surface area contributed by atoms with Crippen LogP contribution in [0.3, 0.4) is 0 Å². The number of pyridine rings is 1. The highest BCUT2D eigenvalue weighted by molar-refractivity contribution is 5.80. The minimum Gasteiger partial charge on any atom is -0.496 e. The van der Waals surface area contributed by atoms with Crippen LogP contribution in [0.4, 0.5) is 10.2 Å². The molecule has 7 nitrogen and oxygen atoms in total. The van der Waals surface area contributed by atoms with Crippen molar-refractivity contribution in [2.75, 3.05) is 52.3 Å². The maximum atomic E-state index is 14.1. The number of guanidine groups is 1. The normalized spacial score (nSPS) is 17.7. The molecule has 1 aliphatic heterocycles. The van der Waals surface area contributed by atoms with Crippen LogP contribution in [0.2, 0.25) is 0 Å². The molecule has 1 aliphatic rings. The van der Waals surface area contributed by atoms with Crippen LogP contribution < -0.4 is 20.3 Å². The zero-order chi connectivity index (χ0) is 22.2. The molecular formula is C23H33FN6O. The van der Waals surface area contributed by atoms with Gasteiger partial charge in [0.2, 0.25) is 0 Å². The second kappa shape index (κ2) is 10.9. The number of aromatic nitrogens is 1. The number of hydrogen-bond acceptors (Lipinski definition) is 5. The van der Waals surface area contributed by atoms with E-state index >= 15 is 0 Å². The number of halogens is 1. The fourth-order valence-corrected chi connectivity index (χ4v) is 3.85. The molecule has 1 fully saturated rings. The number of likely N-dealkylation sites (N-methyl/N-ethyl adjacent to an activating group) is 1. The number of para-hydroxylation sites is 1. The van der Waals surface area contributed by atoms with Crippen LogP contribution in [0, 0.1) is 5.82 Å². The van der Waals surface area contributed by atoms with Gasteiger partial charge in [-0.25, -0.2) is 9.37 Å². The lowest BCUT2D eigenvalue weighted by atomic mass is 10.0. The fourth-order valence-electron chi connectivity index (χ4n) is 3.85. The zero-order valence-electron chi connectivity index (χ0n) is 18.8. The summed E-state index contributed by atoms with van der Waals surface area (Å²) in [6.45, 7) is 4.83. The molecule has 1 saturated heterocycles. The number of anilines is 1. The number of hydrogen-bond donors (Lipinski definition) is 2. The summed E-state index contributed by atoms with van der Waals surface area (Å²) in [6.07, 6.45) is 2.52. The summed E-state index contributed by atoms with van der Waals surface area (Å²) >= 11 is 0. The Morgan fingerprint density at radius 3 is 2.84 bits per heavy atom. The molecule has 2 unspecified atom stereocenters. The van der Waals surface area contributed by atoms with Gasteiger partial charge in [0.25, 0.3) is 0 Å². The molecule has 31 heavy (non-hydrogen) atoms. The molecule has 2 atom stereocenters. The predicted octanol–water partition coefficient (Wildman–Crippen LogP) is 2.67. The lowest BCUT2D eigenvalue weighted by molar-refractivity contribution is 0.295. The topological polar surface area (TPSA) is 65.0 Å². The molecule has 8 heteroatoms. The van der Waals surface area contributed by atoms with Gasteiger partial charge in [0.1, 0.15) is 5.75 Å². The Kier molecular flexibility index (Phi) is 8.06. The van der Waals surface area contributed by atoms with Crippen LogP contribution in [0.25, 0.3) is 0 Å². The smallest absolute Gasteiger partial charge is 0.191 e. The maximum Gasteiger partial charge on any atom is 0.191 e. The Balaban J connectivity index is 1.69. The standard InChI is InChI=1S/C23H33FN6O/c1-5-25-23(27-15-20(29(2)3)18-9-6-7-11-21(18)31-4)28-17-12-14-30(16-17)22-19(24)10-8-13-26-22/h6-11,13,17,20H,5,12,14-16H2,1-4H3,(H2,25,27,28). The van der Waals surface area contributed by atoms with Crippen molar-refractivity contribution in [1.82, 2.24) is 20.5 Å². The third kappa shape index (κ3) is 5.85. The quantitative estimate of drug-likeness (QED) is 0.498. The largest absolute Gasteiger partial charge is 0.496 e. The molecule has 0 radical (unpaired) electrons. The van der Waals surface area contributed by atoms with Crippen molar-refractivity contribution in [2.24, 2.45) is 4.99 Å². The number of aliphatic imine (C=N–C) groups is 1. The predicted molar refractivity (Wildman–Crippen MR) is 123 cm³/mol. The third-order valence-electron chi connectivity index (χ3n) is 5.46. The first kappa shape index (κ1) is 22.8. The number of benzene rings is 1. The van der Waals surface area contributed by atoms with Crippen molar-refractivity contribution in [2.45, 2.75) is 25.4 Å². The molecule has 0 aliphatic carbocycles. The van der Waals surface area contributed by atoms with E-state index in [1.165, 1.54) is 6.07 Å². The van der Waals surface area contributed by atoms with E-state index in [1.54, 1.807) is 19.4 Å². The van der Waals surface area contributed by atoms with Crippen LogP contribution in [0.15, 0.2) is 47.6 Å². The van der Waals surface area contributed by atoms with E-state index in [0.717, 1.165) is 36.8 Å². The van der Waals surface area contributed by atoms with Crippen LogP contribution in [-0.2, 0) is 0 Å². The first-order chi connectivity index (χ1) is 15.0. The van der Waals surface area contributed by atoms with Crippen molar-refractivity contribution in [3.63, 3.8) is 0 Å². The van der Waals surface area contributed by atoms with Gasteiger partial charge in [0.05, 0.1) is 19.7 Å². The number of rotatable bonds is 8. The van der Waals surface area contributed by atoms with Gasteiger partial charge < -0.3 is 25.2 Å². The van der Waals surface area contributed by atoms with Crippen LogP contribution in [0.5, 0.6) is 5.75 Å². The van der Waals surface area contributed by atoms with Crippen LogP contribution >= 0.6 is 0 Å². The molecule has 1 aromatic heterocycles. The van der Waals surface area contributed by atoms with Gasteiger partial charge in [-0.1, -0.05) is 18.2 Å². The highest BCUT2D eigenvalue weighted by atomic mass is 19.1. The summed E-state index contributed by atoms with van der Waals surface area (Å²) in [5, 5.41) is 6.84. The van der Waals surface area contributed by atoms with Crippen LogP contribution in [0.1, 0.15) is 24.9 Å². The number of nitrogens with zero attached hydrogens (tertiary/aromatic N) is 4. The van der Waals surface area contributed by atoms with Crippen molar-refractivity contribution in [1.29, 1.82) is 0 Å². The summed E-state index contributed by atoms with van der Waals surface area (Å²) in [7, 11) is 5.78. The summed E-state index contributed by atoms with van der Waals surface area (Å²) in [6, 6.07) is 11.4. The second-order valence-electron chi connectivity index (χ2n) is 7.83. The average molecular weight is 429 g/mol. The van der Waals surface area contributed by atoms with Gasteiger partial charge in [-0.2, -0.15) is 0 Å². The maximum absolute atomic E-state index is 14.1. The van der Waals surface area contributed by atoms with Gasteiger partial charge in [-0.15, -0.1) is 0 Å². The van der Waals surface area contributed by atoms with Crippen molar-refractivity contribution in [3.8, 4) is 5.75 Å². The molecule has 2 N–H and O–H groups in total. The Morgan fingerprint density at radius 2 is 2.13 bits per heavy atom. The fraction of sp³-hybridized carbons (Fsp3) is 0.478. The molecule has 0 bridgehead atoms. The van der Waals surface area contributed by atoms with Crippen molar-refractivity contribution < 1.29 is 9.13 Å². The van der Waals surface area contributed by atoms with Gasteiger partial charge in [0.15, 0.2) is 17.6 Å². The second-order valence-corrected chi connectivity index (χ2v) is 7.83. The molecule has 3 rings (SSSR count). The molecule has 2 aromatic rings. The Labute approximate surface area is 184 Å². The Morgan fingerprint density at radius 1 is 1.32 bits per heavy atom. The minimum atomic E-state index is -0.283. The zero-order valence-corrected chi connectivity index (χ0v) is 18.8. The van der Waals surface area contributed by atoms with Gasteiger partial charge in [0, 0.05) is 37.4 Å². The lowest BCUT2D eigenvalue weighted by Crippen LogP contribution is -2.45. The SMILES string of the molecule is CCNC(=NCC(c1ccccc1OC)N(C)C)NC1CCN(c2ncccc2F)C1. The molecule has 0 saturated carbocycles. The van der Waals surface area contributed by atoms with Gasteiger partial charge in [-0.05, 0) is 45.6 Å². The van der Waals surface area contributed by atoms with E-state index in [1.807, 2.05) is 44.1 Å². The molecule has 1 aromatic carbocycles. The van der Waals surface area contributed by atoms with E-state index in [4.69, 9.17) is 9.73 Å². The van der Waals surface area contributed by atoms with Crippen molar-refractivity contribution in [3.05, 3.63) is 54.0 Å². The van der Waals surface area contributed by atoms with Gasteiger partial charge in [-0.3, -0.25) is 4.99 Å². The highest BCUT2D eigenvalue weighted by Crippen LogP contribution is 2.28. The third-order valence-corrected chi connectivity index (χ3v) is 5.46. The molecule has 0 spiro atoms. The first-order valence-electron chi connectivity index (χ1n) is 10.7. The number of methoxy groups -OCH3 is 1. The number of nitrogens with one attached hydrogen (secondary N) is 2. The first-order valence-corrected chi connectivity index (χ1v) is 10.7.